The Hall–Kier alpha value is -5.89. The van der Waals surface area contributed by atoms with E-state index in [-0.39, 0.29) is 26.1 Å². The van der Waals surface area contributed by atoms with Crippen LogP contribution in [0.25, 0.3) is 0 Å². The van der Waals surface area contributed by atoms with Crippen LogP contribution >= 0.6 is 11.8 Å². The van der Waals surface area contributed by atoms with Gasteiger partial charge in [-0.05, 0) is 31.9 Å². The van der Waals surface area contributed by atoms with Crippen LogP contribution in [-0.2, 0) is 62.3 Å². The number of nitrogens with one attached hydrogen (secondary N) is 8. The largest absolute Gasteiger partial charge is 0.481 e. The first-order chi connectivity index (χ1) is 28.0. The summed E-state index contributed by atoms with van der Waals surface area (Å²) >= 11 is 1.36. The van der Waals surface area contributed by atoms with E-state index in [1.54, 1.807) is 6.26 Å². The summed E-state index contributed by atoms with van der Waals surface area (Å²) in [5.74, 6) is -8.79. The van der Waals surface area contributed by atoms with Crippen molar-refractivity contribution in [1.82, 2.24) is 47.4 Å². The molecule has 26 heteroatoms. The molecule has 1 aliphatic rings. The molecule has 0 saturated carbocycles. The Morgan fingerprint density at radius 1 is 0.746 bits per heavy atom. The Morgan fingerprint density at radius 3 is 1.83 bits per heavy atom. The molecule has 12 N–H and O–H groups in total. The first-order valence-corrected chi connectivity index (χ1v) is 19.6. The molecule has 1 rings (SSSR count). The van der Waals surface area contributed by atoms with Gasteiger partial charge in [0.1, 0.15) is 31.0 Å². The maximum atomic E-state index is 12.8. The highest BCUT2D eigenvalue weighted by atomic mass is 32.2. The molecule has 0 aromatic carbocycles. The van der Waals surface area contributed by atoms with Gasteiger partial charge < -0.3 is 72.9 Å². The molecule has 9 amide bonds. The van der Waals surface area contributed by atoms with Crippen LogP contribution in [0.2, 0.25) is 0 Å². The van der Waals surface area contributed by atoms with E-state index >= 15 is 0 Å². The molecule has 330 valence electrons. The van der Waals surface area contributed by atoms with Crippen LogP contribution in [0.4, 0.5) is 0 Å². The number of carbonyl (C=O) groups is 12. The summed E-state index contributed by atoms with van der Waals surface area (Å²) in [5.41, 5.74) is 5.21. The van der Waals surface area contributed by atoms with Gasteiger partial charge in [0.15, 0.2) is 0 Å². The van der Waals surface area contributed by atoms with Crippen LogP contribution in [0.1, 0.15) is 38.5 Å². The van der Waals surface area contributed by atoms with Crippen LogP contribution in [0, 0.1) is 0 Å². The van der Waals surface area contributed by atoms with Gasteiger partial charge in [0.25, 0.3) is 0 Å². The Bertz CT molecular complexity index is 1530. The summed E-state index contributed by atoms with van der Waals surface area (Å²) in [7, 11) is 0. The monoisotopic (exact) mass is 860 g/mol. The number of carbonyl (C=O) groups excluding carboxylic acids is 10. The minimum atomic E-state index is -1.45. The third kappa shape index (κ3) is 22.0. The van der Waals surface area contributed by atoms with E-state index in [0.717, 1.165) is 0 Å². The molecule has 0 aromatic heterocycles. The van der Waals surface area contributed by atoms with Crippen LogP contribution < -0.4 is 48.3 Å². The number of ether oxygens (including phenoxy) is 1. The molecular weight excluding hydrogens is 808 g/mol. The van der Waals surface area contributed by atoms with Crippen LogP contribution in [0.5, 0.6) is 0 Å². The highest BCUT2D eigenvalue weighted by molar-refractivity contribution is 7.98. The van der Waals surface area contributed by atoms with Crippen LogP contribution in [0.15, 0.2) is 0 Å². The molecule has 4 unspecified atom stereocenters. The molecule has 0 aliphatic carbocycles. The van der Waals surface area contributed by atoms with E-state index in [4.69, 9.17) is 20.7 Å². The summed E-state index contributed by atoms with van der Waals surface area (Å²) in [5, 5.41) is 36.5. The van der Waals surface area contributed by atoms with Gasteiger partial charge in [-0.1, -0.05) is 0 Å². The first kappa shape index (κ1) is 51.1. The number of amides is 9. The molecule has 4 atom stereocenters. The lowest BCUT2D eigenvalue weighted by atomic mass is 10.1. The van der Waals surface area contributed by atoms with E-state index in [0.29, 0.717) is 24.9 Å². The Balaban J connectivity index is 2.48. The minimum Gasteiger partial charge on any atom is -0.481 e. The van der Waals surface area contributed by atoms with Gasteiger partial charge in [0.05, 0.1) is 45.4 Å². The van der Waals surface area contributed by atoms with E-state index < -0.39 is 148 Å². The molecular formula is C33H52N10O15S. The number of nitrogens with two attached hydrogens (primary N) is 1. The second kappa shape index (κ2) is 28.5. The molecule has 1 fully saturated rings. The normalized spacial score (nSPS) is 14.6. The van der Waals surface area contributed by atoms with Gasteiger partial charge in [0.2, 0.25) is 53.2 Å². The summed E-state index contributed by atoms with van der Waals surface area (Å²) in [4.78, 5) is 145. The third-order valence-electron chi connectivity index (χ3n) is 8.02. The molecule has 0 spiro atoms. The van der Waals surface area contributed by atoms with Crippen molar-refractivity contribution in [1.29, 1.82) is 0 Å². The van der Waals surface area contributed by atoms with Gasteiger partial charge in [-0.3, -0.25) is 52.7 Å². The number of thioether (sulfide) groups is 1. The average Bonchev–Trinajstić information content (AvgIpc) is 3.70. The molecule has 0 radical (unpaired) electrons. The Labute approximate surface area is 342 Å². The van der Waals surface area contributed by atoms with Crippen molar-refractivity contribution >= 4 is 83.2 Å². The zero-order chi connectivity index (χ0) is 44.3. The van der Waals surface area contributed by atoms with E-state index in [9.17, 15) is 57.5 Å². The van der Waals surface area contributed by atoms with Crippen molar-refractivity contribution < 1.29 is 72.5 Å². The van der Waals surface area contributed by atoms with Crippen LogP contribution in [-0.4, -0.2) is 182 Å². The quantitative estimate of drug-likeness (QED) is 0.0246. The smallest absolute Gasteiger partial charge is 0.303 e. The number of rotatable bonds is 29. The number of aliphatic carboxylic acids is 2. The van der Waals surface area contributed by atoms with Gasteiger partial charge >= 0.3 is 11.9 Å². The number of aldehydes is 1. The fourth-order valence-electron chi connectivity index (χ4n) is 5.14. The second-order valence-corrected chi connectivity index (χ2v) is 13.6. The summed E-state index contributed by atoms with van der Waals surface area (Å²) < 4.78 is 5.32. The zero-order valence-electron chi connectivity index (χ0n) is 32.3. The highest BCUT2D eigenvalue weighted by Crippen LogP contribution is 2.17. The average molecular weight is 861 g/mol. The maximum Gasteiger partial charge on any atom is 0.303 e. The molecule has 0 bridgehead atoms. The number of hydrogen-bond acceptors (Lipinski definition) is 15. The van der Waals surface area contributed by atoms with Crippen molar-refractivity contribution in [2.75, 3.05) is 71.0 Å². The first-order valence-electron chi connectivity index (χ1n) is 18.2. The minimum absolute atomic E-state index is 0.107. The van der Waals surface area contributed by atoms with Crippen LogP contribution in [0.3, 0.4) is 0 Å². The van der Waals surface area contributed by atoms with Gasteiger partial charge in [0, 0.05) is 31.7 Å². The molecule has 1 heterocycles. The lowest BCUT2D eigenvalue weighted by Gasteiger charge is -2.24. The molecule has 59 heavy (non-hydrogen) atoms. The summed E-state index contributed by atoms with van der Waals surface area (Å²) in [6, 6.07) is -4.35. The zero-order valence-corrected chi connectivity index (χ0v) is 33.2. The van der Waals surface area contributed by atoms with Gasteiger partial charge in [-0.2, -0.15) is 11.8 Å². The van der Waals surface area contributed by atoms with Crippen molar-refractivity contribution in [3.8, 4) is 0 Å². The maximum absolute atomic E-state index is 12.8. The highest BCUT2D eigenvalue weighted by Gasteiger charge is 2.34. The van der Waals surface area contributed by atoms with Gasteiger partial charge in [-0.15, -0.1) is 0 Å². The summed E-state index contributed by atoms with van der Waals surface area (Å²) in [6.07, 6.45) is 1.43. The number of carboxylic acid groups (broad SMARTS) is 2. The van der Waals surface area contributed by atoms with E-state index in [2.05, 4.69) is 42.5 Å². The van der Waals surface area contributed by atoms with Crippen molar-refractivity contribution in [2.24, 2.45) is 5.73 Å². The number of carboxylic acids is 2. The fraction of sp³-hybridized carbons (Fsp3) is 0.636. The fourth-order valence-corrected chi connectivity index (χ4v) is 5.66. The Kier molecular flexibility index (Phi) is 24.7. The molecule has 0 aromatic rings. The van der Waals surface area contributed by atoms with Crippen molar-refractivity contribution in [3.05, 3.63) is 0 Å². The second-order valence-electron chi connectivity index (χ2n) is 12.7. The van der Waals surface area contributed by atoms with Crippen molar-refractivity contribution in [2.45, 2.75) is 62.7 Å². The standard InChI is InChI=1S/C33H52N10O15S/c1-59-18-19(16-44)40-26(48)14-36-25(47)13-39-33(57)22-3-2-9-43(22)28(50)17-58-10-8-35-24(46)12-37-32(56)21(5-7-30(53)54)42-27(49)15-38-31(55)20(4-6-29(51)52)41-23(45)11-34/h16,19-22H,2-15,17-18,34H2,1H3,(H,35,46)(H,36,47)(H,37,56)(H,38,55)(H,39,57)(H,40,48)(H,41,45)(H,42,49)(H,51,52)(H,53,54). The predicted molar refractivity (Wildman–Crippen MR) is 204 cm³/mol. The lowest BCUT2D eigenvalue weighted by Crippen LogP contribution is -2.53. The predicted octanol–water partition coefficient (Wildman–Crippen LogP) is -6.72. The van der Waals surface area contributed by atoms with Gasteiger partial charge in [-0.25, -0.2) is 0 Å². The van der Waals surface area contributed by atoms with Crippen molar-refractivity contribution in [3.63, 3.8) is 0 Å². The molecule has 1 aliphatic heterocycles. The Morgan fingerprint density at radius 2 is 1.27 bits per heavy atom. The number of hydrogen-bond donors (Lipinski definition) is 11. The third-order valence-corrected chi connectivity index (χ3v) is 8.72. The molecule has 25 nitrogen and oxygen atoms in total. The SMILES string of the molecule is CSCC(C=O)NC(=O)CNC(=O)CNC(=O)C1CCCN1C(=O)COCCNC(=O)CNC(=O)C(CCC(=O)O)NC(=O)CNC(=O)C(CCC(=O)O)NC(=O)CN. The summed E-state index contributed by atoms with van der Waals surface area (Å²) in [6.45, 7) is -3.14. The number of nitrogens with zero attached hydrogens (tertiary/aromatic N) is 1. The lowest BCUT2D eigenvalue weighted by molar-refractivity contribution is -0.142. The topological polar surface area (TPSA) is 380 Å². The number of likely N-dealkylation sites (tertiary alicyclic amines) is 1. The van der Waals surface area contributed by atoms with E-state index in [1.807, 2.05) is 0 Å². The van der Waals surface area contributed by atoms with E-state index in [1.165, 1.54) is 16.7 Å². The molecule has 1 saturated heterocycles.